The molecular formula is C10H10F2O3S. The van der Waals surface area contributed by atoms with Gasteiger partial charge in [-0.25, -0.2) is 8.78 Å². The van der Waals surface area contributed by atoms with E-state index in [0.717, 1.165) is 12.1 Å². The van der Waals surface area contributed by atoms with Crippen molar-refractivity contribution in [2.24, 2.45) is 0 Å². The van der Waals surface area contributed by atoms with Crippen LogP contribution < -0.4 is 0 Å². The lowest BCUT2D eigenvalue weighted by Gasteiger charge is -2.01. The zero-order chi connectivity index (χ0) is 12.1. The van der Waals surface area contributed by atoms with Crippen molar-refractivity contribution in [3.8, 4) is 0 Å². The summed E-state index contributed by atoms with van der Waals surface area (Å²) in [6, 6.07) is 3.00. The van der Waals surface area contributed by atoms with E-state index in [9.17, 15) is 17.8 Å². The molecule has 1 unspecified atom stereocenters. The molecule has 1 atom stereocenters. The van der Waals surface area contributed by atoms with Gasteiger partial charge in [0.1, 0.15) is 0 Å². The van der Waals surface area contributed by atoms with E-state index >= 15 is 0 Å². The van der Waals surface area contributed by atoms with Crippen LogP contribution in [0, 0.1) is 11.6 Å². The fourth-order valence-electron chi connectivity index (χ4n) is 1.09. The van der Waals surface area contributed by atoms with E-state index in [0.29, 0.717) is 0 Å². The molecule has 6 heteroatoms. The smallest absolute Gasteiger partial charge is 0.303 e. The van der Waals surface area contributed by atoms with Crippen molar-refractivity contribution in [2.45, 2.75) is 17.7 Å². The number of carboxylic acids is 1. The minimum atomic E-state index is -1.49. The molecule has 0 radical (unpaired) electrons. The Morgan fingerprint density at radius 3 is 2.56 bits per heavy atom. The average molecular weight is 248 g/mol. The average Bonchev–Trinajstić information content (AvgIpc) is 2.21. The molecule has 0 fully saturated rings. The quantitative estimate of drug-likeness (QED) is 0.866. The van der Waals surface area contributed by atoms with Crippen molar-refractivity contribution in [1.29, 1.82) is 0 Å². The minimum absolute atomic E-state index is 0.0879. The molecule has 1 aromatic carbocycles. The SMILES string of the molecule is O=C(O)CCCS(=O)c1ccc(F)c(F)c1. The molecule has 0 heterocycles. The molecule has 1 N–H and O–H groups in total. The van der Waals surface area contributed by atoms with Gasteiger partial charge in [-0.3, -0.25) is 9.00 Å². The van der Waals surface area contributed by atoms with E-state index in [-0.39, 0.29) is 23.5 Å². The van der Waals surface area contributed by atoms with Crippen LogP contribution in [-0.4, -0.2) is 21.0 Å². The summed E-state index contributed by atoms with van der Waals surface area (Å²) in [4.78, 5) is 10.4. The first-order valence-electron chi connectivity index (χ1n) is 4.56. The first kappa shape index (κ1) is 12.8. The molecule has 0 aliphatic rings. The topological polar surface area (TPSA) is 54.4 Å². The number of hydrogen-bond acceptors (Lipinski definition) is 2. The van der Waals surface area contributed by atoms with E-state index in [2.05, 4.69) is 0 Å². The van der Waals surface area contributed by atoms with Gasteiger partial charge in [0, 0.05) is 17.1 Å². The standard InChI is InChI=1S/C10H10F2O3S/c11-8-4-3-7(6-9(8)12)16(15)5-1-2-10(13)14/h3-4,6H,1-2,5H2,(H,13,14). The summed E-state index contributed by atoms with van der Waals surface area (Å²) in [6.45, 7) is 0. The number of carbonyl (C=O) groups is 1. The molecule has 0 amide bonds. The Balaban J connectivity index is 2.59. The van der Waals surface area contributed by atoms with Crippen LogP contribution in [0.25, 0.3) is 0 Å². The molecule has 1 rings (SSSR count). The van der Waals surface area contributed by atoms with Gasteiger partial charge in [-0.1, -0.05) is 0 Å². The first-order chi connectivity index (χ1) is 7.50. The van der Waals surface area contributed by atoms with Gasteiger partial charge in [0.2, 0.25) is 0 Å². The number of aliphatic carboxylic acids is 1. The fraction of sp³-hybridized carbons (Fsp3) is 0.300. The van der Waals surface area contributed by atoms with Crippen LogP contribution in [0.4, 0.5) is 8.78 Å². The van der Waals surface area contributed by atoms with Gasteiger partial charge in [-0.15, -0.1) is 0 Å². The van der Waals surface area contributed by atoms with Crippen LogP contribution in [0.5, 0.6) is 0 Å². The van der Waals surface area contributed by atoms with E-state index in [1.54, 1.807) is 0 Å². The van der Waals surface area contributed by atoms with Gasteiger partial charge in [-0.05, 0) is 24.6 Å². The summed E-state index contributed by atoms with van der Waals surface area (Å²) < 4.78 is 36.9. The molecule has 0 aromatic heterocycles. The Morgan fingerprint density at radius 1 is 1.31 bits per heavy atom. The van der Waals surface area contributed by atoms with E-state index in [4.69, 9.17) is 5.11 Å². The summed E-state index contributed by atoms with van der Waals surface area (Å²) >= 11 is 0. The minimum Gasteiger partial charge on any atom is -0.481 e. The Labute approximate surface area is 93.6 Å². The van der Waals surface area contributed by atoms with Gasteiger partial charge in [0.15, 0.2) is 11.6 Å². The highest BCUT2D eigenvalue weighted by Gasteiger charge is 2.09. The van der Waals surface area contributed by atoms with Crippen LogP contribution in [0.3, 0.4) is 0 Å². The molecule has 0 aliphatic carbocycles. The summed E-state index contributed by atoms with van der Waals surface area (Å²) in [6.07, 6.45) is 0.149. The predicted octanol–water partition coefficient (Wildman–Crippen LogP) is 1.94. The normalized spacial score (nSPS) is 12.4. The van der Waals surface area contributed by atoms with Crippen molar-refractivity contribution in [3.05, 3.63) is 29.8 Å². The Morgan fingerprint density at radius 2 is 2.00 bits per heavy atom. The Bertz CT molecular complexity index is 421. The van der Waals surface area contributed by atoms with Gasteiger partial charge in [0.05, 0.1) is 10.8 Å². The van der Waals surface area contributed by atoms with Gasteiger partial charge >= 0.3 is 5.97 Å². The predicted molar refractivity (Wildman–Crippen MR) is 54.5 cm³/mol. The number of carboxylic acid groups (broad SMARTS) is 1. The maximum Gasteiger partial charge on any atom is 0.303 e. The monoisotopic (exact) mass is 248 g/mol. The molecule has 0 saturated carbocycles. The van der Waals surface area contributed by atoms with Crippen LogP contribution in [0.1, 0.15) is 12.8 Å². The largest absolute Gasteiger partial charge is 0.481 e. The van der Waals surface area contributed by atoms with Crippen LogP contribution in [0.15, 0.2) is 23.1 Å². The second-order valence-electron chi connectivity index (χ2n) is 3.12. The zero-order valence-electron chi connectivity index (χ0n) is 8.28. The number of halogens is 2. The molecule has 0 bridgehead atoms. The second kappa shape index (κ2) is 5.69. The van der Waals surface area contributed by atoms with Crippen LogP contribution in [0.2, 0.25) is 0 Å². The first-order valence-corrected chi connectivity index (χ1v) is 5.88. The maximum atomic E-state index is 12.8. The lowest BCUT2D eigenvalue weighted by atomic mass is 10.3. The van der Waals surface area contributed by atoms with E-state index in [1.807, 2.05) is 0 Å². The Hall–Kier alpha value is -1.30. The summed E-state index contributed by atoms with van der Waals surface area (Å²) in [5.74, 6) is -2.89. The van der Waals surface area contributed by atoms with Crippen molar-refractivity contribution < 1.29 is 22.9 Å². The summed E-state index contributed by atoms with van der Waals surface area (Å²) in [7, 11) is -1.49. The van der Waals surface area contributed by atoms with Crippen LogP contribution >= 0.6 is 0 Å². The number of rotatable bonds is 5. The Kier molecular flexibility index (Phi) is 4.54. The van der Waals surface area contributed by atoms with Gasteiger partial charge in [-0.2, -0.15) is 0 Å². The number of benzene rings is 1. The third-order valence-electron chi connectivity index (χ3n) is 1.87. The summed E-state index contributed by atoms with van der Waals surface area (Å²) in [5.41, 5.74) is 0. The maximum absolute atomic E-state index is 12.8. The zero-order valence-corrected chi connectivity index (χ0v) is 9.10. The second-order valence-corrected chi connectivity index (χ2v) is 4.69. The molecule has 1 aromatic rings. The highest BCUT2D eigenvalue weighted by atomic mass is 32.2. The molecule has 88 valence electrons. The van der Waals surface area contributed by atoms with E-state index in [1.165, 1.54) is 6.07 Å². The van der Waals surface area contributed by atoms with Crippen molar-refractivity contribution >= 4 is 16.8 Å². The third-order valence-corrected chi connectivity index (χ3v) is 3.31. The van der Waals surface area contributed by atoms with Gasteiger partial charge in [0.25, 0.3) is 0 Å². The molecule has 0 saturated heterocycles. The van der Waals surface area contributed by atoms with Crippen molar-refractivity contribution in [3.63, 3.8) is 0 Å². The van der Waals surface area contributed by atoms with Crippen molar-refractivity contribution in [2.75, 3.05) is 5.75 Å². The highest BCUT2D eigenvalue weighted by molar-refractivity contribution is 7.85. The molecule has 3 nitrogen and oxygen atoms in total. The summed E-state index contributed by atoms with van der Waals surface area (Å²) in [5, 5.41) is 8.37. The molecular weight excluding hydrogens is 238 g/mol. The lowest BCUT2D eigenvalue weighted by Crippen LogP contribution is -2.03. The molecule has 16 heavy (non-hydrogen) atoms. The third kappa shape index (κ3) is 3.69. The van der Waals surface area contributed by atoms with Gasteiger partial charge < -0.3 is 5.11 Å². The molecule has 0 spiro atoms. The fourth-order valence-corrected chi connectivity index (χ4v) is 2.19. The highest BCUT2D eigenvalue weighted by Crippen LogP contribution is 2.13. The number of hydrogen-bond donors (Lipinski definition) is 1. The lowest BCUT2D eigenvalue weighted by molar-refractivity contribution is -0.137. The van der Waals surface area contributed by atoms with E-state index < -0.39 is 28.4 Å². The van der Waals surface area contributed by atoms with Crippen LogP contribution in [-0.2, 0) is 15.6 Å². The molecule has 0 aliphatic heterocycles. The van der Waals surface area contributed by atoms with Crippen molar-refractivity contribution in [1.82, 2.24) is 0 Å².